The average molecular weight is 538 g/mol. The van der Waals surface area contributed by atoms with Crippen LogP contribution in [-0.2, 0) is 17.9 Å². The van der Waals surface area contributed by atoms with E-state index in [-0.39, 0.29) is 11.7 Å². The third kappa shape index (κ3) is 5.37. The van der Waals surface area contributed by atoms with Crippen LogP contribution in [0.2, 0.25) is 5.02 Å². The Morgan fingerprint density at radius 1 is 1.08 bits per heavy atom. The summed E-state index contributed by atoms with van der Waals surface area (Å²) in [6.07, 6.45) is 13.1. The van der Waals surface area contributed by atoms with Crippen LogP contribution in [0.3, 0.4) is 0 Å². The summed E-state index contributed by atoms with van der Waals surface area (Å²) < 4.78 is 13.6. The van der Waals surface area contributed by atoms with Crippen LogP contribution < -0.4 is 5.76 Å². The summed E-state index contributed by atoms with van der Waals surface area (Å²) >= 11 is 6.33. The predicted molar refractivity (Wildman–Crippen MR) is 142 cm³/mol. The molecule has 4 aromatic rings. The molecule has 0 aliphatic heterocycles. The molecule has 0 saturated heterocycles. The quantitative estimate of drug-likeness (QED) is 0.316. The molecule has 6 rings (SSSR count). The molecule has 11 heteroatoms. The van der Waals surface area contributed by atoms with Crippen LogP contribution in [0.25, 0.3) is 34.1 Å². The molecule has 10 nitrogen and oxygen atoms in total. The van der Waals surface area contributed by atoms with E-state index in [1.807, 2.05) is 6.07 Å². The zero-order chi connectivity index (χ0) is 26.1. The molecule has 2 fully saturated rings. The van der Waals surface area contributed by atoms with E-state index in [2.05, 4.69) is 31.7 Å². The minimum Gasteiger partial charge on any atom is -0.384 e. The lowest BCUT2D eigenvalue weighted by atomic mass is 9.83. The molecule has 0 bridgehead atoms. The fraction of sp³-hybridized carbons (Fsp3) is 0.556. The number of aromatic amines is 1. The third-order valence-electron chi connectivity index (χ3n) is 7.93. The van der Waals surface area contributed by atoms with Gasteiger partial charge in [-0.25, -0.2) is 24.8 Å². The molecular weight excluding hydrogens is 506 g/mol. The van der Waals surface area contributed by atoms with Gasteiger partial charge in [0.2, 0.25) is 5.82 Å². The second-order valence-electron chi connectivity index (χ2n) is 10.8. The van der Waals surface area contributed by atoms with Gasteiger partial charge in [-0.2, -0.15) is 0 Å². The highest BCUT2D eigenvalue weighted by atomic mass is 35.5. The molecule has 0 unspecified atom stereocenters. The third-order valence-corrected chi connectivity index (χ3v) is 8.13. The van der Waals surface area contributed by atoms with Crippen molar-refractivity contribution in [2.75, 3.05) is 6.61 Å². The smallest absolute Gasteiger partial charge is 0.384 e. The lowest BCUT2D eigenvalue weighted by Crippen LogP contribution is -2.20. The molecule has 0 radical (unpaired) electrons. The van der Waals surface area contributed by atoms with Gasteiger partial charge in [-0.3, -0.25) is 4.98 Å². The normalized spacial score (nSPS) is 20.5. The molecular formula is C27H32ClN7O3. The molecule has 0 aromatic carbocycles. The Balaban J connectivity index is 1.45. The zero-order valence-corrected chi connectivity index (χ0v) is 22.3. The topological polar surface area (TPSA) is 125 Å². The number of rotatable bonds is 8. The number of aromatic nitrogens is 7. The highest BCUT2D eigenvalue weighted by molar-refractivity contribution is 6.30. The van der Waals surface area contributed by atoms with E-state index in [4.69, 9.17) is 30.7 Å². The highest BCUT2D eigenvalue weighted by Gasteiger charge is 2.26. The molecule has 2 aliphatic rings. The van der Waals surface area contributed by atoms with Crippen LogP contribution in [0.15, 0.2) is 27.7 Å². The maximum Gasteiger partial charge on any atom is 0.434 e. The van der Waals surface area contributed by atoms with Crippen LogP contribution in [0.5, 0.6) is 0 Å². The first-order valence-electron chi connectivity index (χ1n) is 13.5. The Hall–Kier alpha value is -3.11. The van der Waals surface area contributed by atoms with E-state index in [1.54, 1.807) is 12.4 Å². The van der Waals surface area contributed by atoms with E-state index < -0.39 is 5.76 Å². The number of imidazole rings is 1. The fourth-order valence-corrected chi connectivity index (χ4v) is 5.99. The van der Waals surface area contributed by atoms with Gasteiger partial charge in [-0.1, -0.05) is 44.2 Å². The largest absolute Gasteiger partial charge is 0.434 e. The van der Waals surface area contributed by atoms with Gasteiger partial charge >= 0.3 is 5.76 Å². The SMILES string of the molecule is CC1CCC(Cn2c(COCC3CCCC3)nc3nc(-c4n[nH]c(=O)o4)nc(-c4cncc(Cl)c4)c32)CC1. The number of ether oxygens (including phenoxy) is 1. The number of fused-ring (bicyclic) bond motifs is 1. The van der Waals surface area contributed by atoms with Crippen molar-refractivity contribution in [1.82, 2.24) is 34.7 Å². The number of nitrogens with zero attached hydrogens (tertiary/aromatic N) is 6. The maximum atomic E-state index is 11.7. The van der Waals surface area contributed by atoms with Gasteiger partial charge in [-0.05, 0) is 49.5 Å². The van der Waals surface area contributed by atoms with Gasteiger partial charge < -0.3 is 13.7 Å². The Labute approximate surface area is 225 Å². The standard InChI is InChI=1S/C27H32ClN7O3/c1-16-6-8-17(9-7-16)13-35-21(15-37-14-18-4-2-3-5-18)30-24-23(35)22(19-10-20(28)12-29-11-19)31-25(32-24)26-33-34-27(36)38-26/h10-12,16-18H,2-9,13-15H2,1H3,(H,34,36). The van der Waals surface area contributed by atoms with E-state index in [0.717, 1.165) is 36.0 Å². The fourth-order valence-electron chi connectivity index (χ4n) is 5.82. The summed E-state index contributed by atoms with van der Waals surface area (Å²) in [6.45, 7) is 4.28. The number of nitrogens with one attached hydrogen (secondary N) is 1. The lowest BCUT2D eigenvalue weighted by molar-refractivity contribution is 0.0818. The summed E-state index contributed by atoms with van der Waals surface area (Å²) in [5.41, 5.74) is 2.64. The van der Waals surface area contributed by atoms with Gasteiger partial charge in [0.25, 0.3) is 5.89 Å². The van der Waals surface area contributed by atoms with Crippen LogP contribution in [0.4, 0.5) is 0 Å². The van der Waals surface area contributed by atoms with Crippen LogP contribution in [-0.4, -0.2) is 41.3 Å². The van der Waals surface area contributed by atoms with Crippen molar-refractivity contribution in [2.24, 2.45) is 17.8 Å². The number of pyridine rings is 1. The molecule has 0 spiro atoms. The first-order valence-corrected chi connectivity index (χ1v) is 13.9. The van der Waals surface area contributed by atoms with Crippen LogP contribution in [0.1, 0.15) is 64.1 Å². The Morgan fingerprint density at radius 3 is 2.63 bits per heavy atom. The summed E-state index contributed by atoms with van der Waals surface area (Å²) in [5.74, 6) is 2.24. The second kappa shape index (κ2) is 10.9. The molecule has 200 valence electrons. The molecule has 1 N–H and O–H groups in total. The Kier molecular flexibility index (Phi) is 7.25. The van der Waals surface area contributed by atoms with Crippen molar-refractivity contribution in [1.29, 1.82) is 0 Å². The van der Waals surface area contributed by atoms with E-state index >= 15 is 0 Å². The summed E-state index contributed by atoms with van der Waals surface area (Å²) in [6, 6.07) is 1.82. The minimum absolute atomic E-state index is 0.00277. The zero-order valence-electron chi connectivity index (χ0n) is 21.5. The van der Waals surface area contributed by atoms with Crippen molar-refractivity contribution in [2.45, 2.75) is 71.4 Å². The molecule has 0 amide bonds. The Bertz CT molecular complexity index is 1470. The molecule has 0 atom stereocenters. The van der Waals surface area contributed by atoms with Crippen molar-refractivity contribution in [3.05, 3.63) is 39.9 Å². The molecule has 4 aromatic heterocycles. The first kappa shape index (κ1) is 25.2. The monoisotopic (exact) mass is 537 g/mol. The average Bonchev–Trinajstić information content (AvgIpc) is 3.66. The number of hydrogen-bond donors (Lipinski definition) is 1. The van der Waals surface area contributed by atoms with Crippen molar-refractivity contribution >= 4 is 22.8 Å². The van der Waals surface area contributed by atoms with E-state index in [0.29, 0.717) is 34.8 Å². The summed E-state index contributed by atoms with van der Waals surface area (Å²) in [5, 5.41) is 6.71. The number of hydrogen-bond acceptors (Lipinski definition) is 8. The van der Waals surface area contributed by atoms with Gasteiger partial charge in [0.05, 0.1) is 5.02 Å². The first-order chi connectivity index (χ1) is 18.5. The van der Waals surface area contributed by atoms with Gasteiger partial charge in [-0.15, -0.1) is 5.10 Å². The van der Waals surface area contributed by atoms with E-state index in [1.165, 1.54) is 51.4 Å². The van der Waals surface area contributed by atoms with E-state index in [9.17, 15) is 4.79 Å². The molecule has 2 aliphatic carbocycles. The maximum absolute atomic E-state index is 11.7. The van der Waals surface area contributed by atoms with Gasteiger partial charge in [0.1, 0.15) is 23.6 Å². The van der Waals surface area contributed by atoms with Crippen LogP contribution >= 0.6 is 11.6 Å². The number of halogens is 1. The summed E-state index contributed by atoms with van der Waals surface area (Å²) in [7, 11) is 0. The second-order valence-corrected chi connectivity index (χ2v) is 11.2. The molecule has 4 heterocycles. The number of H-pyrrole nitrogens is 1. The highest BCUT2D eigenvalue weighted by Crippen LogP contribution is 2.34. The summed E-state index contributed by atoms with van der Waals surface area (Å²) in [4.78, 5) is 30.3. The van der Waals surface area contributed by atoms with Gasteiger partial charge in [0, 0.05) is 31.1 Å². The van der Waals surface area contributed by atoms with Crippen LogP contribution in [0, 0.1) is 17.8 Å². The Morgan fingerprint density at radius 2 is 1.89 bits per heavy atom. The van der Waals surface area contributed by atoms with Crippen molar-refractivity contribution < 1.29 is 9.15 Å². The lowest BCUT2D eigenvalue weighted by Gasteiger charge is -2.27. The molecule has 2 saturated carbocycles. The minimum atomic E-state index is -0.673. The molecule has 38 heavy (non-hydrogen) atoms. The van der Waals surface area contributed by atoms with Gasteiger partial charge in [0.15, 0.2) is 5.65 Å². The predicted octanol–water partition coefficient (Wildman–Crippen LogP) is 5.42. The van der Waals surface area contributed by atoms with Crippen molar-refractivity contribution in [3.63, 3.8) is 0 Å². The van der Waals surface area contributed by atoms with Crippen molar-refractivity contribution in [3.8, 4) is 23.0 Å².